The van der Waals surface area contributed by atoms with Crippen LogP contribution in [0.3, 0.4) is 0 Å². The molecule has 0 aliphatic carbocycles. The van der Waals surface area contributed by atoms with Crippen molar-refractivity contribution in [3.8, 4) is 0 Å². The third kappa shape index (κ3) is 2.51. The number of hydrazine groups is 1. The summed E-state index contributed by atoms with van der Waals surface area (Å²) in [5, 5.41) is 3.13. The van der Waals surface area contributed by atoms with Crippen molar-refractivity contribution in [3.63, 3.8) is 0 Å². The fourth-order valence-electron chi connectivity index (χ4n) is 3.10. The maximum atomic E-state index is 12.2. The molecule has 0 saturated carbocycles. The highest BCUT2D eigenvalue weighted by molar-refractivity contribution is 5.82. The van der Waals surface area contributed by atoms with Crippen molar-refractivity contribution in [2.45, 2.75) is 38.4 Å². The summed E-state index contributed by atoms with van der Waals surface area (Å²) in [5.74, 6) is 0.0934. The van der Waals surface area contributed by atoms with Gasteiger partial charge in [-0.05, 0) is 31.9 Å². The molecule has 1 saturated heterocycles. The van der Waals surface area contributed by atoms with E-state index in [1.807, 2.05) is 6.07 Å². The quantitative estimate of drug-likeness (QED) is 0.748. The molecule has 3 N–H and O–H groups in total. The second-order valence-corrected chi connectivity index (χ2v) is 5.76. The molecule has 1 amide bonds. The summed E-state index contributed by atoms with van der Waals surface area (Å²) in [6.07, 6.45) is 1.03. The van der Waals surface area contributed by atoms with Crippen LogP contribution in [0.15, 0.2) is 24.3 Å². The number of nitrogens with zero attached hydrogens (tertiary/aromatic N) is 1. The lowest BCUT2D eigenvalue weighted by atomic mass is 10.1. The van der Waals surface area contributed by atoms with Gasteiger partial charge in [0, 0.05) is 24.3 Å². The Balaban J connectivity index is 1.60. The van der Waals surface area contributed by atoms with Crippen LogP contribution in [-0.4, -0.2) is 37.1 Å². The smallest absolute Gasteiger partial charge is 0.239 e. The van der Waals surface area contributed by atoms with E-state index in [0.717, 1.165) is 13.0 Å². The number of anilines is 1. The zero-order valence-corrected chi connectivity index (χ0v) is 12.0. The number of nitrogens with one attached hydrogen (secondary N) is 3. The van der Waals surface area contributed by atoms with E-state index in [1.165, 1.54) is 11.3 Å². The van der Waals surface area contributed by atoms with Gasteiger partial charge in [0.2, 0.25) is 5.91 Å². The summed E-state index contributed by atoms with van der Waals surface area (Å²) in [6.45, 7) is 5.52. The van der Waals surface area contributed by atoms with Gasteiger partial charge in [-0.1, -0.05) is 18.2 Å². The van der Waals surface area contributed by atoms with Crippen molar-refractivity contribution in [1.29, 1.82) is 0 Å². The van der Waals surface area contributed by atoms with Gasteiger partial charge in [-0.25, -0.2) is 0 Å². The van der Waals surface area contributed by atoms with Gasteiger partial charge >= 0.3 is 0 Å². The minimum absolute atomic E-state index is 0.0934. The number of benzene rings is 1. The van der Waals surface area contributed by atoms with E-state index in [0.29, 0.717) is 6.54 Å². The predicted octanol–water partition coefficient (Wildman–Crippen LogP) is 0.419. The van der Waals surface area contributed by atoms with Crippen molar-refractivity contribution < 1.29 is 4.79 Å². The Kier molecular flexibility index (Phi) is 3.63. The van der Waals surface area contributed by atoms with Crippen molar-refractivity contribution >= 4 is 11.6 Å². The second-order valence-electron chi connectivity index (χ2n) is 5.76. The minimum Gasteiger partial charge on any atom is -0.362 e. The maximum absolute atomic E-state index is 12.2. The molecule has 2 unspecified atom stereocenters. The first-order valence-corrected chi connectivity index (χ1v) is 7.28. The third-order valence-corrected chi connectivity index (χ3v) is 4.26. The highest BCUT2D eigenvalue weighted by Crippen LogP contribution is 2.26. The molecule has 2 heterocycles. The van der Waals surface area contributed by atoms with Gasteiger partial charge in [-0.3, -0.25) is 15.6 Å². The number of hydrogen-bond acceptors (Lipinski definition) is 4. The van der Waals surface area contributed by atoms with Crippen LogP contribution in [0.5, 0.6) is 0 Å². The number of rotatable bonds is 3. The Hall–Kier alpha value is -1.59. The first-order valence-electron chi connectivity index (χ1n) is 7.28. The molecule has 0 radical (unpaired) electrons. The standard InChI is InChI=1S/C15H22N4O/c1-10-15(11(2)18-17-10)16-14(20)9-19-8-7-12-5-3-4-6-13(12)19/h3-6,10-11,15,17-18H,7-9H2,1-2H3,(H,16,20). The van der Waals surface area contributed by atoms with Gasteiger partial charge in [0.05, 0.1) is 12.6 Å². The van der Waals surface area contributed by atoms with Gasteiger partial charge in [0.1, 0.15) is 0 Å². The fourth-order valence-corrected chi connectivity index (χ4v) is 3.10. The minimum atomic E-state index is 0.0934. The summed E-state index contributed by atoms with van der Waals surface area (Å²) in [4.78, 5) is 14.4. The highest BCUT2D eigenvalue weighted by atomic mass is 16.2. The normalized spacial score (nSPS) is 28.5. The number of carbonyl (C=O) groups is 1. The highest BCUT2D eigenvalue weighted by Gasteiger charge is 2.31. The maximum Gasteiger partial charge on any atom is 0.239 e. The molecule has 0 aromatic heterocycles. The van der Waals surface area contributed by atoms with Crippen molar-refractivity contribution in [2.75, 3.05) is 18.0 Å². The van der Waals surface area contributed by atoms with E-state index in [4.69, 9.17) is 0 Å². The average molecular weight is 274 g/mol. The largest absolute Gasteiger partial charge is 0.362 e. The van der Waals surface area contributed by atoms with E-state index in [1.54, 1.807) is 0 Å². The number of amides is 1. The second kappa shape index (κ2) is 5.42. The molecular formula is C15H22N4O. The molecule has 20 heavy (non-hydrogen) atoms. The van der Waals surface area contributed by atoms with E-state index in [9.17, 15) is 4.79 Å². The third-order valence-electron chi connectivity index (χ3n) is 4.26. The van der Waals surface area contributed by atoms with Gasteiger partial charge in [-0.2, -0.15) is 0 Å². The molecule has 108 valence electrons. The summed E-state index contributed by atoms with van der Waals surface area (Å²) in [5.41, 5.74) is 8.85. The first-order chi connectivity index (χ1) is 9.65. The number of hydrogen-bond donors (Lipinski definition) is 3. The van der Waals surface area contributed by atoms with E-state index < -0.39 is 0 Å². The Labute approximate surface area is 119 Å². The zero-order chi connectivity index (χ0) is 14.1. The van der Waals surface area contributed by atoms with Gasteiger partial charge < -0.3 is 10.2 Å². The topological polar surface area (TPSA) is 56.4 Å². The van der Waals surface area contributed by atoms with Crippen molar-refractivity contribution in [2.24, 2.45) is 0 Å². The molecule has 5 nitrogen and oxygen atoms in total. The molecule has 2 aliphatic rings. The van der Waals surface area contributed by atoms with E-state index >= 15 is 0 Å². The van der Waals surface area contributed by atoms with Crippen molar-refractivity contribution in [1.82, 2.24) is 16.2 Å². The van der Waals surface area contributed by atoms with Crippen LogP contribution in [0.4, 0.5) is 5.69 Å². The SMILES string of the molecule is CC1NNC(C)C1NC(=O)CN1CCc2ccccc21. The average Bonchev–Trinajstić information content (AvgIpc) is 2.98. The molecular weight excluding hydrogens is 252 g/mol. The van der Waals surface area contributed by atoms with Crippen LogP contribution in [0, 0.1) is 0 Å². The summed E-state index contributed by atoms with van der Waals surface area (Å²) in [6, 6.07) is 8.97. The molecule has 3 rings (SSSR count). The van der Waals surface area contributed by atoms with Crippen LogP contribution in [0.1, 0.15) is 19.4 Å². The predicted molar refractivity (Wildman–Crippen MR) is 79.5 cm³/mol. The molecule has 0 spiro atoms. The Morgan fingerprint density at radius 3 is 2.75 bits per heavy atom. The van der Waals surface area contributed by atoms with Gasteiger partial charge in [0.25, 0.3) is 0 Å². The van der Waals surface area contributed by atoms with Crippen LogP contribution in [-0.2, 0) is 11.2 Å². The van der Waals surface area contributed by atoms with Crippen LogP contribution < -0.4 is 21.1 Å². The number of fused-ring (bicyclic) bond motifs is 1. The summed E-state index contributed by atoms with van der Waals surface area (Å²) in [7, 11) is 0. The van der Waals surface area contributed by atoms with Crippen LogP contribution in [0.25, 0.3) is 0 Å². The lowest BCUT2D eigenvalue weighted by Gasteiger charge is -2.23. The molecule has 1 aromatic carbocycles. The lowest BCUT2D eigenvalue weighted by Crippen LogP contribution is -2.49. The molecule has 1 aromatic rings. The molecule has 1 fully saturated rings. The van der Waals surface area contributed by atoms with E-state index in [2.05, 4.69) is 53.1 Å². The molecule has 5 heteroatoms. The lowest BCUT2D eigenvalue weighted by molar-refractivity contribution is -0.120. The summed E-state index contributed by atoms with van der Waals surface area (Å²) >= 11 is 0. The van der Waals surface area contributed by atoms with Gasteiger partial charge in [0.15, 0.2) is 0 Å². The van der Waals surface area contributed by atoms with E-state index in [-0.39, 0.29) is 24.0 Å². The fraction of sp³-hybridized carbons (Fsp3) is 0.533. The van der Waals surface area contributed by atoms with Crippen LogP contribution in [0.2, 0.25) is 0 Å². The summed E-state index contributed by atoms with van der Waals surface area (Å²) < 4.78 is 0. The zero-order valence-electron chi connectivity index (χ0n) is 12.0. The van der Waals surface area contributed by atoms with Gasteiger partial charge in [-0.15, -0.1) is 0 Å². The van der Waals surface area contributed by atoms with Crippen molar-refractivity contribution in [3.05, 3.63) is 29.8 Å². The van der Waals surface area contributed by atoms with Crippen LogP contribution >= 0.6 is 0 Å². The monoisotopic (exact) mass is 274 g/mol. The Morgan fingerprint density at radius 1 is 1.30 bits per heavy atom. The Bertz CT molecular complexity index is 494. The molecule has 2 aliphatic heterocycles. The molecule has 2 atom stereocenters. The molecule has 0 bridgehead atoms. The number of para-hydroxylation sites is 1. The first kappa shape index (κ1) is 13.4. The number of carbonyl (C=O) groups excluding carboxylic acids is 1. The Morgan fingerprint density at radius 2 is 2.00 bits per heavy atom.